The van der Waals surface area contributed by atoms with Crippen LogP contribution in [-0.2, 0) is 6.54 Å². The molecule has 8 heteroatoms. The molecule has 0 bridgehead atoms. The Morgan fingerprint density at radius 3 is 2.90 bits per heavy atom. The molecule has 20 heavy (non-hydrogen) atoms. The number of nitrogens with zero attached hydrogens (tertiary/aromatic N) is 5. The zero-order valence-corrected chi connectivity index (χ0v) is 11.2. The first-order valence-electron chi connectivity index (χ1n) is 5.81. The summed E-state index contributed by atoms with van der Waals surface area (Å²) in [6.07, 6.45) is 4.77. The Bertz CT molecular complexity index is 795. The minimum atomic E-state index is 0.272. The summed E-state index contributed by atoms with van der Waals surface area (Å²) in [4.78, 5) is 16.7. The predicted molar refractivity (Wildman–Crippen MR) is 79.0 cm³/mol. The van der Waals surface area contributed by atoms with E-state index in [1.54, 1.807) is 12.5 Å². The molecule has 0 unspecified atom stereocenters. The van der Waals surface area contributed by atoms with Gasteiger partial charge in [0.25, 0.3) is 0 Å². The van der Waals surface area contributed by atoms with E-state index in [1.165, 1.54) is 6.33 Å². The standard InChI is InChI=1S/C12H11N7S/c13-10-9-12(17-5-16-10)19(6-18-9)4-7-1-2-15-8(3-7)11(14)20/h1-3,5-6H,4H2,(H2,14,20)(H2,13,16,17). The number of imidazole rings is 1. The zero-order valence-electron chi connectivity index (χ0n) is 10.4. The number of pyridine rings is 1. The lowest BCUT2D eigenvalue weighted by atomic mass is 10.2. The number of hydrogen-bond donors (Lipinski definition) is 2. The van der Waals surface area contributed by atoms with Crippen LogP contribution >= 0.6 is 12.2 Å². The molecule has 7 nitrogen and oxygen atoms in total. The van der Waals surface area contributed by atoms with Crippen LogP contribution < -0.4 is 11.5 Å². The maximum Gasteiger partial charge on any atom is 0.165 e. The minimum absolute atomic E-state index is 0.272. The van der Waals surface area contributed by atoms with Crippen LogP contribution in [0.5, 0.6) is 0 Å². The van der Waals surface area contributed by atoms with Gasteiger partial charge in [0.05, 0.1) is 18.6 Å². The first-order valence-corrected chi connectivity index (χ1v) is 6.22. The van der Waals surface area contributed by atoms with Crippen molar-refractivity contribution in [1.29, 1.82) is 0 Å². The van der Waals surface area contributed by atoms with Gasteiger partial charge in [-0.25, -0.2) is 15.0 Å². The summed E-state index contributed by atoms with van der Waals surface area (Å²) >= 11 is 4.92. The molecule has 3 rings (SSSR count). The first kappa shape index (κ1) is 12.4. The molecule has 3 aromatic rings. The minimum Gasteiger partial charge on any atom is -0.388 e. The van der Waals surface area contributed by atoms with Gasteiger partial charge in [0.2, 0.25) is 0 Å². The highest BCUT2D eigenvalue weighted by Crippen LogP contribution is 2.15. The molecule has 0 saturated heterocycles. The fraction of sp³-hybridized carbons (Fsp3) is 0.0833. The van der Waals surface area contributed by atoms with E-state index in [0.29, 0.717) is 29.2 Å². The van der Waals surface area contributed by atoms with E-state index in [2.05, 4.69) is 19.9 Å². The van der Waals surface area contributed by atoms with Crippen LogP contribution in [0.2, 0.25) is 0 Å². The second-order valence-corrected chi connectivity index (χ2v) is 4.66. The number of aromatic nitrogens is 5. The molecule has 4 N–H and O–H groups in total. The second-order valence-electron chi connectivity index (χ2n) is 4.22. The maximum atomic E-state index is 5.76. The number of thiocarbonyl (C=S) groups is 1. The summed E-state index contributed by atoms with van der Waals surface area (Å²) in [6, 6.07) is 3.73. The van der Waals surface area contributed by atoms with E-state index in [0.717, 1.165) is 5.56 Å². The van der Waals surface area contributed by atoms with Crippen molar-refractivity contribution in [1.82, 2.24) is 24.5 Å². The van der Waals surface area contributed by atoms with Gasteiger partial charge in [0, 0.05) is 6.20 Å². The van der Waals surface area contributed by atoms with Crippen LogP contribution in [0.4, 0.5) is 5.82 Å². The number of fused-ring (bicyclic) bond motifs is 1. The van der Waals surface area contributed by atoms with E-state index in [9.17, 15) is 0 Å². The average Bonchev–Trinajstić information content (AvgIpc) is 2.84. The molecule has 0 atom stereocenters. The molecule has 0 aromatic carbocycles. The molecule has 0 aliphatic carbocycles. The molecule has 0 saturated carbocycles. The molecule has 0 aliphatic rings. The highest BCUT2D eigenvalue weighted by atomic mass is 32.1. The second kappa shape index (κ2) is 4.82. The average molecular weight is 285 g/mol. The molecule has 3 heterocycles. The van der Waals surface area contributed by atoms with Crippen molar-refractivity contribution in [3.05, 3.63) is 42.2 Å². The van der Waals surface area contributed by atoms with Gasteiger partial charge in [-0.1, -0.05) is 12.2 Å². The smallest absolute Gasteiger partial charge is 0.165 e. The third kappa shape index (κ3) is 2.16. The third-order valence-corrected chi connectivity index (χ3v) is 3.07. The highest BCUT2D eigenvalue weighted by molar-refractivity contribution is 7.80. The first-order chi connectivity index (χ1) is 9.65. The summed E-state index contributed by atoms with van der Waals surface area (Å²) in [5.41, 5.74) is 14.2. The predicted octanol–water partition coefficient (Wildman–Crippen LogP) is 0.486. The number of nitrogens with two attached hydrogens (primary N) is 2. The Kier molecular flexibility index (Phi) is 2.99. The van der Waals surface area contributed by atoms with Crippen molar-refractivity contribution in [3.8, 4) is 0 Å². The van der Waals surface area contributed by atoms with Gasteiger partial charge in [-0.15, -0.1) is 0 Å². The molecule has 0 aliphatic heterocycles. The molecule has 3 aromatic heterocycles. The molecule has 0 radical (unpaired) electrons. The van der Waals surface area contributed by atoms with Crippen LogP contribution in [0.1, 0.15) is 11.3 Å². The summed E-state index contributed by atoms with van der Waals surface area (Å²) in [7, 11) is 0. The molecule has 0 fully saturated rings. The lowest BCUT2D eigenvalue weighted by Crippen LogP contribution is -2.12. The van der Waals surface area contributed by atoms with Crippen molar-refractivity contribution in [2.75, 3.05) is 5.73 Å². The summed E-state index contributed by atoms with van der Waals surface area (Å²) in [5.74, 6) is 0.368. The topological polar surface area (TPSA) is 109 Å². The van der Waals surface area contributed by atoms with Crippen LogP contribution in [0, 0.1) is 0 Å². The molecule has 0 amide bonds. The molecular weight excluding hydrogens is 274 g/mol. The quantitative estimate of drug-likeness (QED) is 0.674. The third-order valence-electron chi connectivity index (χ3n) is 2.86. The number of anilines is 1. The van der Waals surface area contributed by atoms with E-state index in [4.69, 9.17) is 23.7 Å². The molecule has 0 spiro atoms. The van der Waals surface area contributed by atoms with Gasteiger partial charge >= 0.3 is 0 Å². The summed E-state index contributed by atoms with van der Waals surface area (Å²) in [5, 5.41) is 0. The van der Waals surface area contributed by atoms with Gasteiger partial charge in [-0.05, 0) is 17.7 Å². The number of nitrogen functional groups attached to an aromatic ring is 1. The molecule has 100 valence electrons. The van der Waals surface area contributed by atoms with Crippen molar-refractivity contribution < 1.29 is 0 Å². The lowest BCUT2D eigenvalue weighted by molar-refractivity contribution is 0.811. The number of rotatable bonds is 3. The fourth-order valence-corrected chi connectivity index (χ4v) is 2.03. The summed E-state index contributed by atoms with van der Waals surface area (Å²) < 4.78 is 1.88. The fourth-order valence-electron chi connectivity index (χ4n) is 1.92. The maximum absolute atomic E-state index is 5.76. The van der Waals surface area contributed by atoms with Crippen molar-refractivity contribution in [3.63, 3.8) is 0 Å². The molecular formula is C12H11N7S. The van der Waals surface area contributed by atoms with Gasteiger partial charge in [0.15, 0.2) is 11.5 Å². The van der Waals surface area contributed by atoms with Crippen LogP contribution in [0.25, 0.3) is 11.2 Å². The normalized spacial score (nSPS) is 10.8. The Balaban J connectivity index is 1.99. The number of hydrogen-bond acceptors (Lipinski definition) is 6. The van der Waals surface area contributed by atoms with Crippen molar-refractivity contribution in [2.45, 2.75) is 6.54 Å². The van der Waals surface area contributed by atoms with E-state index >= 15 is 0 Å². The van der Waals surface area contributed by atoms with Gasteiger partial charge < -0.3 is 16.0 Å². The lowest BCUT2D eigenvalue weighted by Gasteiger charge is -2.05. The van der Waals surface area contributed by atoms with Crippen molar-refractivity contribution in [2.24, 2.45) is 5.73 Å². The van der Waals surface area contributed by atoms with E-state index in [-0.39, 0.29) is 4.99 Å². The Labute approximate surface area is 119 Å². The SMILES string of the molecule is NC(=S)c1cc(Cn2cnc3c(N)ncnc32)ccn1. The van der Waals surface area contributed by atoms with Crippen LogP contribution in [0.3, 0.4) is 0 Å². The van der Waals surface area contributed by atoms with Crippen LogP contribution in [0.15, 0.2) is 31.0 Å². The Morgan fingerprint density at radius 2 is 2.10 bits per heavy atom. The highest BCUT2D eigenvalue weighted by Gasteiger charge is 2.08. The van der Waals surface area contributed by atoms with E-state index < -0.39 is 0 Å². The van der Waals surface area contributed by atoms with Crippen molar-refractivity contribution >= 4 is 34.2 Å². The summed E-state index contributed by atoms with van der Waals surface area (Å²) in [6.45, 7) is 0.574. The van der Waals surface area contributed by atoms with Gasteiger partial charge in [0.1, 0.15) is 16.8 Å². The van der Waals surface area contributed by atoms with Gasteiger partial charge in [-0.3, -0.25) is 4.98 Å². The Hall–Kier alpha value is -2.61. The largest absolute Gasteiger partial charge is 0.388 e. The van der Waals surface area contributed by atoms with E-state index in [1.807, 2.05) is 16.7 Å². The monoisotopic (exact) mass is 285 g/mol. The van der Waals surface area contributed by atoms with Gasteiger partial charge in [-0.2, -0.15) is 0 Å². The van der Waals surface area contributed by atoms with Crippen LogP contribution in [-0.4, -0.2) is 29.5 Å². The Morgan fingerprint density at radius 1 is 1.25 bits per heavy atom. The zero-order chi connectivity index (χ0) is 14.1.